The number of hydrogen-bond donors (Lipinski definition) is 4. The maximum Gasteiger partial charge on any atom is 0.411 e. The highest BCUT2D eigenvalue weighted by atomic mass is 16.4. The predicted octanol–water partition coefficient (Wildman–Crippen LogP) is 3.46. The summed E-state index contributed by atoms with van der Waals surface area (Å²) < 4.78 is 5.82. The zero-order valence-corrected chi connectivity index (χ0v) is 17.7. The number of nitrogens with two attached hydrogens (primary N) is 2. The van der Waals surface area contributed by atoms with Gasteiger partial charge in [-0.05, 0) is 32.0 Å². The zero-order chi connectivity index (χ0) is 23.4. The molecule has 2 aromatic carbocycles. The van der Waals surface area contributed by atoms with E-state index in [0.29, 0.717) is 41.2 Å². The molecule has 0 fully saturated rings. The van der Waals surface area contributed by atoms with Gasteiger partial charge in [-0.3, -0.25) is 14.6 Å². The molecule has 0 saturated carbocycles. The van der Waals surface area contributed by atoms with Gasteiger partial charge in [-0.25, -0.2) is 9.59 Å². The Balaban J connectivity index is 2.46. The van der Waals surface area contributed by atoms with Crippen LogP contribution in [-0.2, 0) is 0 Å². The second-order valence-corrected chi connectivity index (χ2v) is 7.31. The molecule has 10 heteroatoms. The van der Waals surface area contributed by atoms with Crippen LogP contribution in [0.1, 0.15) is 30.3 Å². The summed E-state index contributed by atoms with van der Waals surface area (Å²) in [7, 11) is 0. The standard InChI is InChI=1S/C22H26N4O6/c1-13(27)17-12-16-18(25(21(28)29)10-4-8-23)14-6-2-3-7-15(14)19(20(16)32-17)26(22(30)31)11-5-9-24/h2-3,6-7,12H,4-5,8-11,23-24H2,1H3,(H,28,29)(H,30,31). The summed E-state index contributed by atoms with van der Waals surface area (Å²) in [5.41, 5.74) is 11.9. The molecule has 0 atom stereocenters. The third-order valence-corrected chi connectivity index (χ3v) is 5.16. The molecule has 10 nitrogen and oxygen atoms in total. The van der Waals surface area contributed by atoms with E-state index in [2.05, 4.69) is 0 Å². The van der Waals surface area contributed by atoms with E-state index >= 15 is 0 Å². The van der Waals surface area contributed by atoms with E-state index in [9.17, 15) is 24.6 Å². The Morgan fingerprint density at radius 3 is 1.84 bits per heavy atom. The number of benzene rings is 2. The molecular formula is C22H26N4O6. The number of fused-ring (bicyclic) bond motifs is 2. The number of furan rings is 1. The van der Waals surface area contributed by atoms with Crippen LogP contribution in [0.4, 0.5) is 21.0 Å². The molecule has 3 rings (SSSR count). The first kappa shape index (κ1) is 23.0. The highest BCUT2D eigenvalue weighted by molar-refractivity contribution is 6.23. The zero-order valence-electron chi connectivity index (χ0n) is 17.7. The number of Topliss-reactive ketones (excluding diaryl/α,β-unsaturated/α-hetero) is 1. The molecule has 170 valence electrons. The van der Waals surface area contributed by atoms with Crippen molar-refractivity contribution in [1.29, 1.82) is 0 Å². The summed E-state index contributed by atoms with van der Waals surface area (Å²) in [6.45, 7) is 2.13. The number of nitrogens with zero attached hydrogens (tertiary/aromatic N) is 2. The van der Waals surface area contributed by atoms with E-state index in [0.717, 1.165) is 9.80 Å². The third-order valence-electron chi connectivity index (χ3n) is 5.16. The first-order chi connectivity index (χ1) is 15.3. The molecular weight excluding hydrogens is 416 g/mol. The average molecular weight is 442 g/mol. The Hall–Kier alpha value is -3.63. The van der Waals surface area contributed by atoms with Gasteiger partial charge in [-0.2, -0.15) is 0 Å². The van der Waals surface area contributed by atoms with Crippen molar-refractivity contribution in [2.75, 3.05) is 36.0 Å². The number of amides is 2. The maximum atomic E-state index is 12.2. The Labute approximate surface area is 184 Å². The second-order valence-electron chi connectivity index (χ2n) is 7.31. The molecule has 0 spiro atoms. The van der Waals surface area contributed by atoms with Gasteiger partial charge in [0, 0.05) is 36.2 Å². The fourth-order valence-corrected chi connectivity index (χ4v) is 3.74. The number of carboxylic acid groups (broad SMARTS) is 2. The van der Waals surface area contributed by atoms with E-state index < -0.39 is 12.2 Å². The highest BCUT2D eigenvalue weighted by Crippen LogP contribution is 2.45. The van der Waals surface area contributed by atoms with Crippen molar-refractivity contribution in [3.63, 3.8) is 0 Å². The average Bonchev–Trinajstić information content (AvgIpc) is 3.19. The lowest BCUT2D eigenvalue weighted by atomic mass is 10.0. The van der Waals surface area contributed by atoms with Gasteiger partial charge in [0.25, 0.3) is 0 Å². The SMILES string of the molecule is CC(=O)c1cc2c(N(CCCN)C(=O)O)c3ccccc3c(N(CCCN)C(=O)O)c2o1. The molecule has 0 radical (unpaired) electrons. The van der Waals surface area contributed by atoms with Crippen molar-refractivity contribution in [1.82, 2.24) is 0 Å². The summed E-state index contributed by atoms with van der Waals surface area (Å²) in [6, 6.07) is 8.34. The van der Waals surface area contributed by atoms with E-state index in [1.54, 1.807) is 24.3 Å². The molecule has 3 aromatic rings. The van der Waals surface area contributed by atoms with Crippen molar-refractivity contribution in [3.05, 3.63) is 36.1 Å². The monoisotopic (exact) mass is 442 g/mol. The van der Waals surface area contributed by atoms with Gasteiger partial charge in [0.1, 0.15) is 0 Å². The first-order valence-electron chi connectivity index (χ1n) is 10.2. The minimum Gasteiger partial charge on any atom is -0.465 e. The minimum absolute atomic E-state index is 0.00568. The van der Waals surface area contributed by atoms with Crippen LogP contribution in [0, 0.1) is 0 Å². The van der Waals surface area contributed by atoms with Gasteiger partial charge >= 0.3 is 12.2 Å². The van der Waals surface area contributed by atoms with E-state index in [-0.39, 0.29) is 42.4 Å². The fraction of sp³-hybridized carbons (Fsp3) is 0.318. The fourth-order valence-electron chi connectivity index (χ4n) is 3.74. The molecule has 0 aliphatic heterocycles. The number of rotatable bonds is 9. The second kappa shape index (κ2) is 9.67. The summed E-state index contributed by atoms with van der Waals surface area (Å²) >= 11 is 0. The van der Waals surface area contributed by atoms with Crippen LogP contribution in [0.15, 0.2) is 34.7 Å². The molecule has 0 saturated heterocycles. The van der Waals surface area contributed by atoms with E-state index in [1.807, 2.05) is 0 Å². The third kappa shape index (κ3) is 4.23. The van der Waals surface area contributed by atoms with Crippen LogP contribution in [-0.4, -0.2) is 54.4 Å². The molecule has 32 heavy (non-hydrogen) atoms. The van der Waals surface area contributed by atoms with Crippen LogP contribution in [0.2, 0.25) is 0 Å². The van der Waals surface area contributed by atoms with Crippen molar-refractivity contribution in [3.8, 4) is 0 Å². The van der Waals surface area contributed by atoms with Crippen molar-refractivity contribution in [2.24, 2.45) is 11.5 Å². The Morgan fingerprint density at radius 1 is 0.875 bits per heavy atom. The smallest absolute Gasteiger partial charge is 0.411 e. The normalized spacial score (nSPS) is 11.1. The number of carbonyl (C=O) groups is 3. The Morgan fingerprint density at radius 2 is 1.38 bits per heavy atom. The number of hydrogen-bond acceptors (Lipinski definition) is 6. The lowest BCUT2D eigenvalue weighted by Crippen LogP contribution is -2.33. The van der Waals surface area contributed by atoms with Gasteiger partial charge in [0.05, 0.1) is 11.4 Å². The van der Waals surface area contributed by atoms with Crippen LogP contribution in [0.5, 0.6) is 0 Å². The molecule has 0 bridgehead atoms. The molecule has 6 N–H and O–H groups in total. The summed E-state index contributed by atoms with van der Waals surface area (Å²) in [6.07, 6.45) is -1.58. The van der Waals surface area contributed by atoms with Crippen LogP contribution >= 0.6 is 0 Å². The molecule has 2 amide bonds. The highest BCUT2D eigenvalue weighted by Gasteiger charge is 2.29. The number of anilines is 2. The van der Waals surface area contributed by atoms with Gasteiger partial charge in [-0.1, -0.05) is 24.3 Å². The summed E-state index contributed by atoms with van der Waals surface area (Å²) in [5, 5.41) is 21.2. The van der Waals surface area contributed by atoms with Crippen LogP contribution < -0.4 is 21.3 Å². The molecule has 0 aliphatic rings. The quantitative estimate of drug-likeness (QED) is 0.289. The summed E-state index contributed by atoms with van der Waals surface area (Å²) in [4.78, 5) is 38.7. The first-order valence-corrected chi connectivity index (χ1v) is 10.2. The number of carbonyl (C=O) groups excluding carboxylic acids is 1. The number of ketones is 1. The van der Waals surface area contributed by atoms with Crippen molar-refractivity contribution >= 4 is 51.1 Å². The molecule has 0 unspecified atom stereocenters. The van der Waals surface area contributed by atoms with Gasteiger partial charge < -0.3 is 26.1 Å². The van der Waals surface area contributed by atoms with Crippen LogP contribution in [0.25, 0.3) is 21.7 Å². The van der Waals surface area contributed by atoms with Gasteiger partial charge in [0.15, 0.2) is 17.1 Å². The molecule has 0 aliphatic carbocycles. The maximum absolute atomic E-state index is 12.2. The molecule has 1 aromatic heterocycles. The lowest BCUT2D eigenvalue weighted by molar-refractivity contribution is 0.0989. The van der Waals surface area contributed by atoms with E-state index in [1.165, 1.54) is 13.0 Å². The van der Waals surface area contributed by atoms with Gasteiger partial charge in [0.2, 0.25) is 0 Å². The lowest BCUT2D eigenvalue weighted by Gasteiger charge is -2.26. The van der Waals surface area contributed by atoms with Crippen molar-refractivity contribution < 1.29 is 29.0 Å². The van der Waals surface area contributed by atoms with Crippen LogP contribution in [0.3, 0.4) is 0 Å². The summed E-state index contributed by atoms with van der Waals surface area (Å²) in [5.74, 6) is -0.360. The van der Waals surface area contributed by atoms with Gasteiger partial charge in [-0.15, -0.1) is 0 Å². The Bertz CT molecular complexity index is 1090. The van der Waals surface area contributed by atoms with E-state index in [4.69, 9.17) is 15.9 Å². The predicted molar refractivity (Wildman–Crippen MR) is 122 cm³/mol. The largest absolute Gasteiger partial charge is 0.465 e. The molecule has 1 heterocycles. The topological polar surface area (TPSA) is 163 Å². The van der Waals surface area contributed by atoms with Crippen molar-refractivity contribution in [2.45, 2.75) is 19.8 Å². The Kier molecular flexibility index (Phi) is 6.96. The minimum atomic E-state index is -1.21.